The zero-order valence-electron chi connectivity index (χ0n) is 16.4. The van der Waals surface area contributed by atoms with E-state index < -0.39 is 6.10 Å². The van der Waals surface area contributed by atoms with E-state index in [0.717, 1.165) is 44.8 Å². The third-order valence-electron chi connectivity index (χ3n) is 4.81. The largest absolute Gasteiger partial charge is 0.493 e. The molecule has 6 nitrogen and oxygen atoms in total. The molecule has 0 bridgehead atoms. The molecule has 2 aromatic rings. The van der Waals surface area contributed by atoms with Gasteiger partial charge in [0.15, 0.2) is 17.6 Å². The van der Waals surface area contributed by atoms with Gasteiger partial charge in [-0.3, -0.25) is 14.7 Å². The number of para-hydroxylation sites is 2. The maximum Gasteiger partial charge on any atom is 0.263 e. The average molecular weight is 406 g/mol. The second-order valence-corrected chi connectivity index (χ2v) is 6.65. The van der Waals surface area contributed by atoms with Crippen LogP contribution in [0, 0.1) is 0 Å². The molecule has 28 heavy (non-hydrogen) atoms. The minimum Gasteiger partial charge on any atom is -0.493 e. The standard InChI is InChI=1S/C21H27N3O3.ClH/c1-17(27-20-9-4-3-8-19(20)26-2)21(25)24-15-13-23(14-16-24)12-10-18-7-5-6-11-22-18;/h3-9,11,17H,10,12-16H2,1-2H3;1H. The van der Waals surface area contributed by atoms with Crippen molar-refractivity contribution >= 4 is 18.3 Å². The lowest BCUT2D eigenvalue weighted by Crippen LogP contribution is -2.52. The predicted octanol–water partition coefficient (Wildman–Crippen LogP) is 2.67. The zero-order valence-corrected chi connectivity index (χ0v) is 17.2. The summed E-state index contributed by atoms with van der Waals surface area (Å²) in [6, 6.07) is 13.4. The number of hydrogen-bond acceptors (Lipinski definition) is 5. The van der Waals surface area contributed by atoms with Crippen LogP contribution < -0.4 is 9.47 Å². The number of pyridine rings is 1. The lowest BCUT2D eigenvalue weighted by Gasteiger charge is -2.35. The molecular formula is C21H28ClN3O3. The fraction of sp³-hybridized carbons (Fsp3) is 0.429. The fourth-order valence-corrected chi connectivity index (χ4v) is 3.22. The number of methoxy groups -OCH3 is 1. The third kappa shape index (κ3) is 5.84. The van der Waals surface area contributed by atoms with Gasteiger partial charge >= 0.3 is 0 Å². The van der Waals surface area contributed by atoms with Gasteiger partial charge in [0.2, 0.25) is 0 Å². The van der Waals surface area contributed by atoms with Gasteiger partial charge in [0, 0.05) is 51.0 Å². The summed E-state index contributed by atoms with van der Waals surface area (Å²) in [5.74, 6) is 1.25. The van der Waals surface area contributed by atoms with E-state index >= 15 is 0 Å². The Morgan fingerprint density at radius 3 is 2.39 bits per heavy atom. The second-order valence-electron chi connectivity index (χ2n) is 6.65. The van der Waals surface area contributed by atoms with Crippen LogP contribution in [0.3, 0.4) is 0 Å². The van der Waals surface area contributed by atoms with Crippen LogP contribution in [0.15, 0.2) is 48.7 Å². The molecule has 0 saturated carbocycles. The van der Waals surface area contributed by atoms with Gasteiger partial charge in [-0.25, -0.2) is 0 Å². The van der Waals surface area contributed by atoms with E-state index in [2.05, 4.69) is 16.0 Å². The molecule has 0 N–H and O–H groups in total. The van der Waals surface area contributed by atoms with Gasteiger partial charge in [0.05, 0.1) is 7.11 Å². The van der Waals surface area contributed by atoms with Gasteiger partial charge < -0.3 is 14.4 Å². The summed E-state index contributed by atoms with van der Waals surface area (Å²) in [4.78, 5) is 21.4. The van der Waals surface area contributed by atoms with Crippen LogP contribution in [0.2, 0.25) is 0 Å². The third-order valence-corrected chi connectivity index (χ3v) is 4.81. The van der Waals surface area contributed by atoms with E-state index in [4.69, 9.17) is 9.47 Å². The molecule has 1 aromatic carbocycles. The van der Waals surface area contributed by atoms with Gasteiger partial charge in [-0.05, 0) is 31.2 Å². The van der Waals surface area contributed by atoms with E-state index in [0.29, 0.717) is 11.5 Å². The molecule has 1 atom stereocenters. The highest BCUT2D eigenvalue weighted by Gasteiger charge is 2.26. The molecule has 3 rings (SSSR count). The number of benzene rings is 1. The second kappa shape index (κ2) is 10.9. The summed E-state index contributed by atoms with van der Waals surface area (Å²) in [7, 11) is 1.60. The molecule has 7 heteroatoms. The Morgan fingerprint density at radius 1 is 1.07 bits per heavy atom. The molecule has 1 amide bonds. The quantitative estimate of drug-likeness (QED) is 0.708. The molecule has 152 valence electrons. The van der Waals surface area contributed by atoms with Crippen LogP contribution in [0.1, 0.15) is 12.6 Å². The van der Waals surface area contributed by atoms with Crippen LogP contribution in [-0.2, 0) is 11.2 Å². The number of aromatic nitrogens is 1. The first-order chi connectivity index (χ1) is 13.2. The molecule has 1 aliphatic rings. The predicted molar refractivity (Wildman–Crippen MR) is 111 cm³/mol. The van der Waals surface area contributed by atoms with Gasteiger partial charge in [-0.1, -0.05) is 18.2 Å². The minimum absolute atomic E-state index is 0. The first-order valence-corrected chi connectivity index (χ1v) is 9.38. The number of carbonyl (C=O) groups is 1. The van der Waals surface area contributed by atoms with Crippen molar-refractivity contribution in [3.05, 3.63) is 54.4 Å². The Bertz CT molecular complexity index is 737. The van der Waals surface area contributed by atoms with Gasteiger partial charge in [-0.15, -0.1) is 12.4 Å². The molecule has 0 aliphatic carbocycles. The lowest BCUT2D eigenvalue weighted by atomic mass is 10.2. The van der Waals surface area contributed by atoms with Crippen LogP contribution in [0.4, 0.5) is 0 Å². The zero-order chi connectivity index (χ0) is 19.1. The summed E-state index contributed by atoms with van der Waals surface area (Å²) in [5.41, 5.74) is 1.11. The molecule has 1 unspecified atom stereocenters. The molecule has 1 aliphatic heterocycles. The lowest BCUT2D eigenvalue weighted by molar-refractivity contribution is -0.139. The monoisotopic (exact) mass is 405 g/mol. The van der Waals surface area contributed by atoms with Crippen LogP contribution in [0.25, 0.3) is 0 Å². The van der Waals surface area contributed by atoms with Crippen molar-refractivity contribution in [1.82, 2.24) is 14.8 Å². The number of hydrogen-bond donors (Lipinski definition) is 0. The highest BCUT2D eigenvalue weighted by molar-refractivity contribution is 5.85. The maximum atomic E-state index is 12.7. The number of piperazine rings is 1. The first kappa shape index (κ1) is 22.0. The van der Waals surface area contributed by atoms with Crippen molar-refractivity contribution in [3.63, 3.8) is 0 Å². The van der Waals surface area contributed by atoms with Crippen LogP contribution in [0.5, 0.6) is 11.5 Å². The molecule has 1 fully saturated rings. The highest BCUT2D eigenvalue weighted by Crippen LogP contribution is 2.27. The SMILES string of the molecule is COc1ccccc1OC(C)C(=O)N1CCN(CCc2ccccn2)CC1.Cl. The van der Waals surface area contributed by atoms with Crippen molar-refractivity contribution in [2.75, 3.05) is 39.8 Å². The molecule has 2 heterocycles. The highest BCUT2D eigenvalue weighted by atomic mass is 35.5. The Kier molecular flexibility index (Phi) is 8.54. The number of amides is 1. The fourth-order valence-electron chi connectivity index (χ4n) is 3.22. The molecule has 1 saturated heterocycles. The molecule has 1 aromatic heterocycles. The summed E-state index contributed by atoms with van der Waals surface area (Å²) in [6.45, 7) is 5.95. The Hall–Kier alpha value is -2.31. The molecule has 0 radical (unpaired) electrons. The van der Waals surface area contributed by atoms with Crippen molar-refractivity contribution in [3.8, 4) is 11.5 Å². The number of rotatable bonds is 7. The Labute approximate surface area is 172 Å². The van der Waals surface area contributed by atoms with Crippen molar-refractivity contribution < 1.29 is 14.3 Å². The van der Waals surface area contributed by atoms with Crippen molar-refractivity contribution in [2.24, 2.45) is 0 Å². The summed E-state index contributed by atoms with van der Waals surface area (Å²) in [6.07, 6.45) is 2.22. The van der Waals surface area contributed by atoms with E-state index in [1.807, 2.05) is 47.5 Å². The topological polar surface area (TPSA) is 54.9 Å². The van der Waals surface area contributed by atoms with Gasteiger partial charge in [0.1, 0.15) is 0 Å². The normalized spacial score (nSPS) is 15.4. The van der Waals surface area contributed by atoms with Crippen molar-refractivity contribution in [2.45, 2.75) is 19.4 Å². The van der Waals surface area contributed by atoms with Gasteiger partial charge in [-0.2, -0.15) is 0 Å². The summed E-state index contributed by atoms with van der Waals surface area (Å²) < 4.78 is 11.1. The Morgan fingerprint density at radius 2 is 1.75 bits per heavy atom. The van der Waals surface area contributed by atoms with Crippen LogP contribution >= 0.6 is 12.4 Å². The molecule has 0 spiro atoms. The van der Waals surface area contributed by atoms with E-state index in [-0.39, 0.29) is 18.3 Å². The first-order valence-electron chi connectivity index (χ1n) is 9.38. The Balaban J connectivity index is 0.00000280. The number of nitrogens with zero attached hydrogens (tertiary/aromatic N) is 3. The molecular weight excluding hydrogens is 378 g/mol. The minimum atomic E-state index is -0.540. The van der Waals surface area contributed by atoms with E-state index in [1.165, 1.54) is 0 Å². The maximum absolute atomic E-state index is 12.7. The number of halogens is 1. The number of carbonyl (C=O) groups excluding carboxylic acids is 1. The van der Waals surface area contributed by atoms with E-state index in [1.54, 1.807) is 14.0 Å². The van der Waals surface area contributed by atoms with E-state index in [9.17, 15) is 4.79 Å². The summed E-state index contributed by atoms with van der Waals surface area (Å²) >= 11 is 0. The van der Waals surface area contributed by atoms with Crippen molar-refractivity contribution in [1.29, 1.82) is 0 Å². The van der Waals surface area contributed by atoms with Gasteiger partial charge in [0.25, 0.3) is 5.91 Å². The number of ether oxygens (including phenoxy) is 2. The van der Waals surface area contributed by atoms with Crippen LogP contribution in [-0.4, -0.2) is 66.6 Å². The summed E-state index contributed by atoms with van der Waals surface area (Å²) in [5, 5.41) is 0. The smallest absolute Gasteiger partial charge is 0.263 e. The average Bonchev–Trinajstić information content (AvgIpc) is 2.73.